The average Bonchev–Trinajstić information content (AvgIpc) is 3.32. The number of aryl methyl sites for hydroxylation is 1. The van der Waals surface area contributed by atoms with Gasteiger partial charge in [-0.2, -0.15) is 0 Å². The second kappa shape index (κ2) is 6.61. The van der Waals surface area contributed by atoms with Crippen molar-refractivity contribution in [2.75, 3.05) is 19.6 Å². The minimum absolute atomic E-state index is 0.328. The Hall–Kier alpha value is -1.35. The number of likely N-dealkylation sites (tertiary alicyclic amines) is 1. The van der Waals surface area contributed by atoms with Gasteiger partial charge in [0.25, 0.3) is 0 Å². The van der Waals surface area contributed by atoms with Crippen LogP contribution in [0.15, 0.2) is 24.3 Å². The molecule has 3 nitrogen and oxygen atoms in total. The number of hydrogen-bond acceptors (Lipinski definition) is 2. The minimum atomic E-state index is 0.328. The van der Waals surface area contributed by atoms with Gasteiger partial charge in [-0.1, -0.05) is 29.8 Å². The van der Waals surface area contributed by atoms with Crippen LogP contribution >= 0.6 is 0 Å². The summed E-state index contributed by atoms with van der Waals surface area (Å²) in [6, 6.07) is 9.28. The van der Waals surface area contributed by atoms with Crippen molar-refractivity contribution in [3.63, 3.8) is 0 Å². The molecule has 21 heavy (non-hydrogen) atoms. The molecule has 3 rings (SSSR count). The molecule has 114 valence electrons. The van der Waals surface area contributed by atoms with E-state index in [1.54, 1.807) is 0 Å². The lowest BCUT2D eigenvalue weighted by molar-refractivity contribution is -0.133. The molecule has 1 saturated heterocycles. The van der Waals surface area contributed by atoms with Crippen molar-refractivity contribution in [3.05, 3.63) is 35.4 Å². The van der Waals surface area contributed by atoms with Gasteiger partial charge in [-0.25, -0.2) is 0 Å². The Labute approximate surface area is 127 Å². The summed E-state index contributed by atoms with van der Waals surface area (Å²) in [5.74, 6) is 0.328. The highest BCUT2D eigenvalue weighted by atomic mass is 16.2. The van der Waals surface area contributed by atoms with E-state index in [4.69, 9.17) is 0 Å². The predicted octanol–water partition coefficient (Wildman–Crippen LogP) is 2.97. The van der Waals surface area contributed by atoms with Gasteiger partial charge in [0.2, 0.25) is 5.91 Å². The van der Waals surface area contributed by atoms with Gasteiger partial charge in [-0.3, -0.25) is 9.69 Å². The van der Waals surface area contributed by atoms with Crippen molar-refractivity contribution in [2.24, 2.45) is 0 Å². The second-order valence-corrected chi connectivity index (χ2v) is 6.57. The van der Waals surface area contributed by atoms with Gasteiger partial charge in [0.15, 0.2) is 0 Å². The first-order chi connectivity index (χ1) is 10.2. The molecule has 0 atom stereocenters. The molecule has 1 heterocycles. The van der Waals surface area contributed by atoms with Crippen LogP contribution in [0.5, 0.6) is 0 Å². The normalized spacial score (nSPS) is 19.0. The molecular formula is C18H26N2O. The Morgan fingerprint density at radius 3 is 2.67 bits per heavy atom. The molecule has 0 N–H and O–H groups in total. The number of nitrogens with zero attached hydrogens (tertiary/aromatic N) is 2. The molecule has 0 bridgehead atoms. The summed E-state index contributed by atoms with van der Waals surface area (Å²) >= 11 is 0. The smallest absolute Gasteiger partial charge is 0.236 e. The van der Waals surface area contributed by atoms with Crippen LogP contribution in [-0.2, 0) is 11.3 Å². The number of carbonyl (C=O) groups excluding carboxylic acids is 1. The Bertz CT molecular complexity index is 490. The number of benzene rings is 1. The lowest BCUT2D eigenvalue weighted by Crippen LogP contribution is -2.43. The summed E-state index contributed by atoms with van der Waals surface area (Å²) in [5, 5.41) is 0. The van der Waals surface area contributed by atoms with E-state index < -0.39 is 0 Å². The number of rotatable bonds is 5. The van der Waals surface area contributed by atoms with Crippen molar-refractivity contribution < 1.29 is 4.79 Å². The van der Waals surface area contributed by atoms with Crippen molar-refractivity contribution >= 4 is 5.91 Å². The van der Waals surface area contributed by atoms with Crippen molar-refractivity contribution in [3.8, 4) is 0 Å². The number of hydrogen-bond donors (Lipinski definition) is 0. The third-order valence-corrected chi connectivity index (χ3v) is 4.58. The van der Waals surface area contributed by atoms with E-state index in [9.17, 15) is 4.79 Å². The van der Waals surface area contributed by atoms with E-state index in [0.29, 0.717) is 18.5 Å². The molecule has 0 unspecified atom stereocenters. The van der Waals surface area contributed by atoms with E-state index in [0.717, 1.165) is 19.6 Å². The van der Waals surface area contributed by atoms with Gasteiger partial charge in [0, 0.05) is 25.7 Å². The fourth-order valence-electron chi connectivity index (χ4n) is 3.22. The predicted molar refractivity (Wildman–Crippen MR) is 85.0 cm³/mol. The van der Waals surface area contributed by atoms with E-state index in [-0.39, 0.29) is 0 Å². The standard InChI is InChI=1S/C18H26N2O/c1-15-6-5-7-16(12-15)13-20(17-8-9-17)14-18(21)19-10-3-2-4-11-19/h5-7,12,17H,2-4,8-11,13-14H2,1H3. The minimum Gasteiger partial charge on any atom is -0.342 e. The Kier molecular flexibility index (Phi) is 4.59. The van der Waals surface area contributed by atoms with Crippen LogP contribution in [0.4, 0.5) is 0 Å². The molecule has 0 radical (unpaired) electrons. The largest absolute Gasteiger partial charge is 0.342 e. The van der Waals surface area contributed by atoms with Crippen LogP contribution in [-0.4, -0.2) is 41.4 Å². The van der Waals surface area contributed by atoms with Crippen molar-refractivity contribution in [2.45, 2.75) is 51.6 Å². The lowest BCUT2D eigenvalue weighted by atomic mass is 10.1. The highest BCUT2D eigenvalue weighted by Gasteiger charge is 2.31. The molecule has 1 amide bonds. The first kappa shape index (κ1) is 14.6. The van der Waals surface area contributed by atoms with E-state index >= 15 is 0 Å². The second-order valence-electron chi connectivity index (χ2n) is 6.57. The van der Waals surface area contributed by atoms with Crippen LogP contribution in [0.3, 0.4) is 0 Å². The van der Waals surface area contributed by atoms with E-state index in [2.05, 4.69) is 41.0 Å². The molecule has 1 aromatic rings. The van der Waals surface area contributed by atoms with Gasteiger partial charge in [0.05, 0.1) is 6.54 Å². The summed E-state index contributed by atoms with van der Waals surface area (Å²) in [6.07, 6.45) is 6.12. The monoisotopic (exact) mass is 286 g/mol. The third-order valence-electron chi connectivity index (χ3n) is 4.58. The molecule has 2 fully saturated rings. The van der Waals surface area contributed by atoms with Crippen LogP contribution < -0.4 is 0 Å². The third kappa shape index (κ3) is 4.07. The first-order valence-corrected chi connectivity index (χ1v) is 8.30. The summed E-state index contributed by atoms with van der Waals surface area (Å²) in [6.45, 7) is 5.55. The zero-order valence-corrected chi connectivity index (χ0v) is 13.1. The van der Waals surface area contributed by atoms with Crippen molar-refractivity contribution in [1.29, 1.82) is 0 Å². The molecule has 1 aliphatic carbocycles. The fourth-order valence-corrected chi connectivity index (χ4v) is 3.22. The van der Waals surface area contributed by atoms with Crippen molar-refractivity contribution in [1.82, 2.24) is 9.80 Å². The molecule has 1 aliphatic heterocycles. The highest BCUT2D eigenvalue weighted by molar-refractivity contribution is 5.78. The molecule has 1 saturated carbocycles. The number of carbonyl (C=O) groups is 1. The summed E-state index contributed by atoms with van der Waals surface area (Å²) in [5.41, 5.74) is 2.62. The Morgan fingerprint density at radius 2 is 2.00 bits per heavy atom. The maximum absolute atomic E-state index is 12.5. The number of piperidine rings is 1. The lowest BCUT2D eigenvalue weighted by Gasteiger charge is -2.30. The molecule has 3 heteroatoms. The fraction of sp³-hybridized carbons (Fsp3) is 0.611. The molecule has 2 aliphatic rings. The molecule has 1 aromatic carbocycles. The van der Waals surface area contributed by atoms with Gasteiger partial charge in [-0.15, -0.1) is 0 Å². The van der Waals surface area contributed by atoms with Crippen LogP contribution in [0.25, 0.3) is 0 Å². The summed E-state index contributed by atoms with van der Waals surface area (Å²) in [4.78, 5) is 16.9. The van der Waals surface area contributed by atoms with Crippen LogP contribution in [0.2, 0.25) is 0 Å². The van der Waals surface area contributed by atoms with Gasteiger partial charge in [-0.05, 0) is 44.6 Å². The van der Waals surface area contributed by atoms with E-state index in [1.165, 1.54) is 43.2 Å². The summed E-state index contributed by atoms with van der Waals surface area (Å²) < 4.78 is 0. The molecule has 0 aromatic heterocycles. The maximum Gasteiger partial charge on any atom is 0.236 e. The Morgan fingerprint density at radius 1 is 1.24 bits per heavy atom. The summed E-state index contributed by atoms with van der Waals surface area (Å²) in [7, 11) is 0. The van der Waals surface area contributed by atoms with Gasteiger partial charge < -0.3 is 4.90 Å². The van der Waals surface area contributed by atoms with E-state index in [1.807, 2.05) is 0 Å². The first-order valence-electron chi connectivity index (χ1n) is 8.30. The quantitative estimate of drug-likeness (QED) is 0.831. The van der Waals surface area contributed by atoms with Crippen LogP contribution in [0.1, 0.15) is 43.2 Å². The Balaban J connectivity index is 1.60. The topological polar surface area (TPSA) is 23.6 Å². The maximum atomic E-state index is 12.5. The highest BCUT2D eigenvalue weighted by Crippen LogP contribution is 2.28. The van der Waals surface area contributed by atoms with Gasteiger partial charge in [0.1, 0.15) is 0 Å². The molecular weight excluding hydrogens is 260 g/mol. The van der Waals surface area contributed by atoms with Crippen LogP contribution in [0, 0.1) is 6.92 Å². The average molecular weight is 286 g/mol. The zero-order valence-electron chi connectivity index (χ0n) is 13.1. The number of amides is 1. The zero-order chi connectivity index (χ0) is 14.7. The SMILES string of the molecule is Cc1cccc(CN(CC(=O)N2CCCCC2)C2CC2)c1. The molecule has 0 spiro atoms. The van der Waals surface area contributed by atoms with Gasteiger partial charge >= 0.3 is 0 Å².